The third-order valence-electron chi connectivity index (χ3n) is 2.76. The van der Waals surface area contributed by atoms with Crippen LogP contribution in [0.1, 0.15) is 35.9 Å². The summed E-state index contributed by atoms with van der Waals surface area (Å²) < 4.78 is 27.1. The number of benzene rings is 2. The van der Waals surface area contributed by atoms with Gasteiger partial charge in [-0.2, -0.15) is 0 Å². The molecule has 0 saturated heterocycles. The van der Waals surface area contributed by atoms with Crippen LogP contribution in [0.15, 0.2) is 36.4 Å². The predicted octanol–water partition coefficient (Wildman–Crippen LogP) is 5.12. The number of aliphatic hydroxyl groups is 1. The molecule has 2 aromatic carbocycles. The number of ketones is 1. The molecule has 0 aliphatic heterocycles. The van der Waals surface area contributed by atoms with Gasteiger partial charge in [0.2, 0.25) is 0 Å². The number of carbonyl (C=O) groups excluding carboxylic acids is 1. The molecule has 2 aromatic rings. The Morgan fingerprint density at radius 1 is 1.05 bits per heavy atom. The molecule has 1 atom stereocenters. The van der Waals surface area contributed by atoms with Gasteiger partial charge in [-0.15, -0.1) is 0 Å². The average molecular weight is 530 g/mol. The summed E-state index contributed by atoms with van der Waals surface area (Å²) in [4.78, 5) is 10.8. The molecule has 2 rings (SSSR count). The van der Waals surface area contributed by atoms with Crippen molar-refractivity contribution in [3.63, 3.8) is 0 Å². The Balaban J connectivity index is 0.000000220. The molecule has 0 spiro atoms. The van der Waals surface area contributed by atoms with Gasteiger partial charge in [-0.3, -0.25) is 4.79 Å². The van der Waals surface area contributed by atoms with E-state index in [9.17, 15) is 13.6 Å². The molecule has 0 aliphatic carbocycles. The normalized spacial score (nSPS) is 11.4. The van der Waals surface area contributed by atoms with Crippen molar-refractivity contribution < 1.29 is 18.7 Å². The number of Topliss-reactive ketones (excluding diaryl/α,β-unsaturated/α-hetero) is 1. The van der Waals surface area contributed by atoms with Crippen LogP contribution in [0.25, 0.3) is 0 Å². The Labute approximate surface area is 155 Å². The van der Waals surface area contributed by atoms with E-state index < -0.39 is 11.9 Å². The third kappa shape index (κ3) is 5.24. The van der Waals surface area contributed by atoms with Crippen molar-refractivity contribution in [3.05, 3.63) is 66.3 Å². The Kier molecular flexibility index (Phi) is 7.84. The highest BCUT2D eigenvalue weighted by molar-refractivity contribution is 14.1. The van der Waals surface area contributed by atoms with Crippen molar-refractivity contribution in [2.24, 2.45) is 0 Å². The van der Waals surface area contributed by atoms with E-state index in [1.54, 1.807) is 37.3 Å². The standard InChI is InChI=1S/C8H8FIO.C8H6FIO/c2*1-5(11)6-3-2-4-7(10)8(6)9/h2-5,11H,1H3;2-4H,1H3. The molecule has 0 radical (unpaired) electrons. The van der Waals surface area contributed by atoms with E-state index in [4.69, 9.17) is 5.11 Å². The smallest absolute Gasteiger partial charge is 0.162 e. The van der Waals surface area contributed by atoms with Gasteiger partial charge < -0.3 is 5.11 Å². The summed E-state index contributed by atoms with van der Waals surface area (Å²) >= 11 is 3.75. The fraction of sp³-hybridized carbons (Fsp3) is 0.188. The van der Waals surface area contributed by atoms with E-state index in [1.165, 1.54) is 13.0 Å². The molecule has 22 heavy (non-hydrogen) atoms. The van der Waals surface area contributed by atoms with Crippen molar-refractivity contribution in [3.8, 4) is 0 Å². The predicted molar refractivity (Wildman–Crippen MR) is 98.9 cm³/mol. The molecule has 0 bridgehead atoms. The van der Waals surface area contributed by atoms with Crippen LogP contribution in [-0.2, 0) is 0 Å². The lowest BCUT2D eigenvalue weighted by molar-refractivity contribution is 0.101. The molecule has 118 valence electrons. The molecule has 0 heterocycles. The fourth-order valence-electron chi connectivity index (χ4n) is 1.62. The van der Waals surface area contributed by atoms with Gasteiger partial charge >= 0.3 is 0 Å². The minimum atomic E-state index is -0.732. The Morgan fingerprint density at radius 2 is 1.55 bits per heavy atom. The zero-order valence-corrected chi connectivity index (χ0v) is 16.2. The first-order valence-electron chi connectivity index (χ1n) is 6.32. The highest BCUT2D eigenvalue weighted by atomic mass is 127. The highest BCUT2D eigenvalue weighted by Gasteiger charge is 2.09. The van der Waals surface area contributed by atoms with Crippen molar-refractivity contribution in [2.75, 3.05) is 0 Å². The number of carbonyl (C=O) groups is 1. The second-order valence-corrected chi connectivity index (χ2v) is 6.80. The Hall–Kier alpha value is -0.610. The van der Waals surface area contributed by atoms with Crippen LogP contribution in [0.2, 0.25) is 0 Å². The zero-order chi connectivity index (χ0) is 16.9. The average Bonchev–Trinajstić information content (AvgIpc) is 2.45. The summed E-state index contributed by atoms with van der Waals surface area (Å²) in [7, 11) is 0. The van der Waals surface area contributed by atoms with Crippen LogP contribution in [0.4, 0.5) is 8.78 Å². The maximum Gasteiger partial charge on any atom is 0.162 e. The van der Waals surface area contributed by atoms with Gasteiger partial charge in [-0.1, -0.05) is 18.2 Å². The lowest BCUT2D eigenvalue weighted by atomic mass is 10.1. The number of rotatable bonds is 2. The minimum Gasteiger partial charge on any atom is -0.389 e. The number of aliphatic hydroxyl groups excluding tert-OH is 1. The van der Waals surface area contributed by atoms with Crippen molar-refractivity contribution in [1.29, 1.82) is 0 Å². The summed E-state index contributed by atoms with van der Waals surface area (Å²) in [6.07, 6.45) is -0.732. The monoisotopic (exact) mass is 530 g/mol. The van der Waals surface area contributed by atoms with Crippen LogP contribution >= 0.6 is 45.2 Å². The van der Waals surface area contributed by atoms with Gasteiger partial charge in [0.05, 0.1) is 11.7 Å². The summed E-state index contributed by atoms with van der Waals surface area (Å²) in [5, 5.41) is 9.09. The first-order valence-corrected chi connectivity index (χ1v) is 8.48. The summed E-state index contributed by atoms with van der Waals surface area (Å²) in [5.74, 6) is -0.968. The molecule has 0 saturated carbocycles. The van der Waals surface area contributed by atoms with Gasteiger partial charge in [0, 0.05) is 12.7 Å². The van der Waals surface area contributed by atoms with E-state index in [2.05, 4.69) is 0 Å². The summed E-state index contributed by atoms with van der Waals surface area (Å²) in [6, 6.07) is 9.76. The number of hydrogen-bond acceptors (Lipinski definition) is 2. The molecule has 1 unspecified atom stereocenters. The van der Waals surface area contributed by atoms with Gasteiger partial charge in [-0.25, -0.2) is 8.78 Å². The van der Waals surface area contributed by atoms with Crippen LogP contribution in [0, 0.1) is 18.8 Å². The maximum atomic E-state index is 13.1. The number of halogens is 4. The molecular weight excluding hydrogens is 516 g/mol. The summed E-state index contributed by atoms with van der Waals surface area (Å²) in [6.45, 7) is 2.91. The van der Waals surface area contributed by atoms with E-state index in [1.807, 2.05) is 45.2 Å². The lowest BCUT2D eigenvalue weighted by Gasteiger charge is -2.06. The second kappa shape index (κ2) is 8.88. The molecule has 2 nitrogen and oxygen atoms in total. The minimum absolute atomic E-state index is 0.164. The van der Waals surface area contributed by atoms with Gasteiger partial charge in [0.25, 0.3) is 0 Å². The zero-order valence-electron chi connectivity index (χ0n) is 11.9. The SMILES string of the molecule is CC(=O)c1cccc(I)c1F.CC(O)c1cccc(I)c1F. The molecule has 0 fully saturated rings. The third-order valence-corrected chi connectivity index (χ3v) is 4.43. The quantitative estimate of drug-likeness (QED) is 0.433. The Bertz CT molecular complexity index is 673. The van der Waals surface area contributed by atoms with Gasteiger partial charge in [-0.05, 0) is 77.2 Å². The van der Waals surface area contributed by atoms with E-state index in [-0.39, 0.29) is 17.2 Å². The van der Waals surface area contributed by atoms with Crippen LogP contribution < -0.4 is 0 Å². The first-order chi connectivity index (χ1) is 10.3. The summed E-state index contributed by atoms with van der Waals surface area (Å²) in [5.41, 5.74) is 0.522. The Morgan fingerprint density at radius 3 is 1.95 bits per heavy atom. The first kappa shape index (κ1) is 19.4. The van der Waals surface area contributed by atoms with Gasteiger partial charge in [0.1, 0.15) is 11.6 Å². The van der Waals surface area contributed by atoms with Crippen LogP contribution in [0.5, 0.6) is 0 Å². The van der Waals surface area contributed by atoms with E-state index in [0.29, 0.717) is 12.7 Å². The van der Waals surface area contributed by atoms with Crippen LogP contribution in [-0.4, -0.2) is 10.9 Å². The molecule has 0 amide bonds. The molecular formula is C16H14F2I2O2. The molecule has 0 aliphatic rings. The van der Waals surface area contributed by atoms with Gasteiger partial charge in [0.15, 0.2) is 5.78 Å². The van der Waals surface area contributed by atoms with Crippen molar-refractivity contribution in [2.45, 2.75) is 20.0 Å². The lowest BCUT2D eigenvalue weighted by Crippen LogP contribution is -1.98. The second-order valence-electron chi connectivity index (χ2n) is 4.48. The van der Waals surface area contributed by atoms with E-state index >= 15 is 0 Å². The largest absolute Gasteiger partial charge is 0.389 e. The molecule has 0 aromatic heterocycles. The number of hydrogen-bond donors (Lipinski definition) is 1. The van der Waals surface area contributed by atoms with Crippen molar-refractivity contribution in [1.82, 2.24) is 0 Å². The molecule has 1 N–H and O–H groups in total. The van der Waals surface area contributed by atoms with E-state index in [0.717, 1.165) is 0 Å². The fourth-order valence-corrected chi connectivity index (χ4v) is 2.64. The maximum absolute atomic E-state index is 13.1. The van der Waals surface area contributed by atoms with Crippen LogP contribution in [0.3, 0.4) is 0 Å². The highest BCUT2D eigenvalue weighted by Crippen LogP contribution is 2.20. The van der Waals surface area contributed by atoms with Crippen molar-refractivity contribution >= 4 is 51.0 Å². The topological polar surface area (TPSA) is 37.3 Å². The molecule has 6 heteroatoms.